The van der Waals surface area contributed by atoms with Crippen LogP contribution in [0.25, 0.3) is 15.8 Å². The average molecular weight is 312 g/mol. The van der Waals surface area contributed by atoms with Crippen LogP contribution in [0.3, 0.4) is 0 Å². The van der Waals surface area contributed by atoms with E-state index in [1.165, 1.54) is 44.2 Å². The number of thioether (sulfide) groups is 1. The fourth-order valence-corrected chi connectivity index (χ4v) is 5.77. The number of allylic oxidation sites excluding steroid dienone is 1. The Balaban J connectivity index is 1.78. The quantitative estimate of drug-likeness (QED) is 0.798. The van der Waals surface area contributed by atoms with Crippen molar-refractivity contribution in [3.8, 4) is 0 Å². The molecular weight excluding hydrogens is 296 g/mol. The molecule has 0 radical (unpaired) electrons. The van der Waals surface area contributed by atoms with Crippen LogP contribution in [-0.2, 0) is 0 Å². The summed E-state index contributed by atoms with van der Waals surface area (Å²) >= 11 is 3.86. The first-order valence-corrected chi connectivity index (χ1v) is 9.19. The third-order valence-corrected chi connectivity index (χ3v) is 6.83. The van der Waals surface area contributed by atoms with E-state index in [1.807, 2.05) is 23.1 Å². The lowest BCUT2D eigenvalue weighted by atomic mass is 10.1. The number of aryl methyl sites for hydroxylation is 1. The number of amidine groups is 1. The van der Waals surface area contributed by atoms with Crippen LogP contribution in [0.2, 0.25) is 0 Å². The number of hydrogen-bond acceptors (Lipinski definition) is 4. The van der Waals surface area contributed by atoms with E-state index in [9.17, 15) is 0 Å². The largest absolute Gasteiger partial charge is 0.318 e. The number of nitrogens with zero attached hydrogens (tertiary/aromatic N) is 2. The molecule has 106 valence electrons. The molecule has 0 spiro atoms. The predicted octanol–water partition coefficient (Wildman–Crippen LogP) is 4.71. The molecule has 3 aliphatic rings. The van der Waals surface area contributed by atoms with Crippen molar-refractivity contribution in [3.63, 3.8) is 0 Å². The molecule has 4 heteroatoms. The molecule has 1 aromatic heterocycles. The minimum atomic E-state index is 0.788. The lowest BCUT2D eigenvalue weighted by Crippen LogP contribution is -2.20. The average Bonchev–Trinajstić information content (AvgIpc) is 2.99. The normalized spacial score (nSPS) is 21.4. The summed E-state index contributed by atoms with van der Waals surface area (Å²) in [5.74, 6) is 0.788. The van der Waals surface area contributed by atoms with Crippen molar-refractivity contribution in [1.82, 2.24) is 4.90 Å². The van der Waals surface area contributed by atoms with Gasteiger partial charge in [-0.05, 0) is 31.7 Å². The van der Waals surface area contributed by atoms with Gasteiger partial charge >= 0.3 is 0 Å². The molecule has 1 fully saturated rings. The first kappa shape index (κ1) is 12.3. The predicted molar refractivity (Wildman–Crippen MR) is 92.8 cm³/mol. The fraction of sp³-hybridized carbons (Fsp3) is 0.353. The number of fused-ring (bicyclic) bond motifs is 2. The van der Waals surface area contributed by atoms with E-state index in [1.54, 1.807) is 4.91 Å². The lowest BCUT2D eigenvalue weighted by molar-refractivity contribution is 0.646. The summed E-state index contributed by atoms with van der Waals surface area (Å²) in [6, 6.07) is 8.83. The van der Waals surface area contributed by atoms with E-state index in [4.69, 9.17) is 4.99 Å². The van der Waals surface area contributed by atoms with E-state index < -0.39 is 0 Å². The Hall–Kier alpha value is -1.26. The second kappa shape index (κ2) is 4.37. The molecule has 1 aromatic carbocycles. The number of thiophene rings is 1. The summed E-state index contributed by atoms with van der Waals surface area (Å²) in [5, 5.41) is 2.66. The van der Waals surface area contributed by atoms with E-state index in [-0.39, 0.29) is 0 Å². The molecule has 21 heavy (non-hydrogen) atoms. The zero-order valence-corrected chi connectivity index (χ0v) is 13.6. The van der Waals surface area contributed by atoms with Gasteiger partial charge in [0.15, 0.2) is 5.17 Å². The lowest BCUT2D eigenvalue weighted by Gasteiger charge is -2.18. The molecule has 0 saturated heterocycles. The van der Waals surface area contributed by atoms with Crippen molar-refractivity contribution in [2.75, 3.05) is 13.1 Å². The van der Waals surface area contributed by atoms with Crippen molar-refractivity contribution >= 4 is 44.0 Å². The van der Waals surface area contributed by atoms with Crippen LogP contribution >= 0.6 is 23.1 Å². The Morgan fingerprint density at radius 3 is 2.95 bits per heavy atom. The van der Waals surface area contributed by atoms with Crippen molar-refractivity contribution < 1.29 is 0 Å². The van der Waals surface area contributed by atoms with E-state index in [0.29, 0.717) is 0 Å². The molecular formula is C17H16N2S2. The van der Waals surface area contributed by atoms with Gasteiger partial charge in [0.1, 0.15) is 0 Å². The van der Waals surface area contributed by atoms with Crippen LogP contribution in [0.15, 0.2) is 34.2 Å². The van der Waals surface area contributed by atoms with Crippen LogP contribution in [0.1, 0.15) is 23.3 Å². The summed E-state index contributed by atoms with van der Waals surface area (Å²) in [6.07, 6.45) is 2.71. The summed E-state index contributed by atoms with van der Waals surface area (Å²) in [4.78, 5) is 10.2. The number of hydrogen-bond donors (Lipinski definition) is 0. The molecule has 0 unspecified atom stereocenters. The second-order valence-electron chi connectivity index (χ2n) is 5.93. The van der Waals surface area contributed by atoms with Crippen LogP contribution in [0.4, 0.5) is 0 Å². The molecule has 0 bridgehead atoms. The Labute approximate surface area is 132 Å². The van der Waals surface area contributed by atoms with E-state index in [0.717, 1.165) is 19.0 Å². The van der Waals surface area contributed by atoms with Gasteiger partial charge in [0, 0.05) is 32.0 Å². The number of rotatable bonds is 2. The van der Waals surface area contributed by atoms with Gasteiger partial charge in [-0.1, -0.05) is 30.0 Å². The third kappa shape index (κ3) is 1.75. The summed E-state index contributed by atoms with van der Waals surface area (Å²) in [5.41, 5.74) is 2.95. The van der Waals surface area contributed by atoms with Crippen LogP contribution in [0, 0.1) is 12.8 Å². The Kier molecular flexibility index (Phi) is 2.56. The SMILES string of the molecule is Cc1sc2ccccc2c1C1=C(C2CC2)SC2=NCCN21. The van der Waals surface area contributed by atoms with Gasteiger partial charge in [0.25, 0.3) is 0 Å². The summed E-state index contributed by atoms with van der Waals surface area (Å²) < 4.78 is 1.40. The molecule has 2 aromatic rings. The molecule has 0 amide bonds. The molecule has 2 nitrogen and oxygen atoms in total. The monoisotopic (exact) mass is 312 g/mol. The molecule has 5 rings (SSSR count). The van der Waals surface area contributed by atoms with E-state index >= 15 is 0 Å². The highest BCUT2D eigenvalue weighted by atomic mass is 32.2. The molecule has 1 saturated carbocycles. The second-order valence-corrected chi connectivity index (χ2v) is 8.20. The van der Waals surface area contributed by atoms with Gasteiger partial charge in [0.2, 0.25) is 0 Å². The molecule has 0 atom stereocenters. The fourth-order valence-electron chi connectivity index (χ4n) is 3.34. The minimum Gasteiger partial charge on any atom is -0.318 e. The van der Waals surface area contributed by atoms with Crippen molar-refractivity contribution in [2.45, 2.75) is 19.8 Å². The zero-order chi connectivity index (χ0) is 14.0. The van der Waals surface area contributed by atoms with Gasteiger partial charge in [-0.25, -0.2) is 0 Å². The highest BCUT2D eigenvalue weighted by Gasteiger charge is 2.41. The maximum Gasteiger partial charge on any atom is 0.168 e. The zero-order valence-electron chi connectivity index (χ0n) is 11.9. The first-order chi connectivity index (χ1) is 10.3. The van der Waals surface area contributed by atoms with Gasteiger partial charge in [0.05, 0.1) is 12.2 Å². The number of aliphatic imine (C=N–C) groups is 1. The molecule has 0 N–H and O–H groups in total. The first-order valence-electron chi connectivity index (χ1n) is 7.55. The summed E-state index contributed by atoms with van der Waals surface area (Å²) in [7, 11) is 0. The maximum atomic E-state index is 4.70. The summed E-state index contributed by atoms with van der Waals surface area (Å²) in [6.45, 7) is 4.27. The molecule has 2 aliphatic heterocycles. The Bertz CT molecular complexity index is 811. The topological polar surface area (TPSA) is 15.6 Å². The Morgan fingerprint density at radius 2 is 2.10 bits per heavy atom. The van der Waals surface area contributed by atoms with Crippen molar-refractivity contribution in [1.29, 1.82) is 0 Å². The standard InChI is InChI=1S/C17H16N2S2/c1-10-14(12-4-2-3-5-13(12)20-10)15-16(11-6-7-11)21-17-18-8-9-19(15)17/h2-5,11H,6-9H2,1H3. The minimum absolute atomic E-state index is 0.788. The molecule has 3 heterocycles. The van der Waals surface area contributed by atoms with Crippen LogP contribution in [0.5, 0.6) is 0 Å². The van der Waals surface area contributed by atoms with Crippen LogP contribution in [-0.4, -0.2) is 23.2 Å². The van der Waals surface area contributed by atoms with Crippen LogP contribution < -0.4 is 0 Å². The van der Waals surface area contributed by atoms with Crippen molar-refractivity contribution in [2.24, 2.45) is 10.9 Å². The maximum absolute atomic E-state index is 4.70. The third-order valence-electron chi connectivity index (χ3n) is 4.46. The van der Waals surface area contributed by atoms with E-state index in [2.05, 4.69) is 36.1 Å². The van der Waals surface area contributed by atoms with Gasteiger partial charge in [-0.3, -0.25) is 4.99 Å². The molecule has 1 aliphatic carbocycles. The highest BCUT2D eigenvalue weighted by molar-refractivity contribution is 8.17. The van der Waals surface area contributed by atoms with Gasteiger partial charge < -0.3 is 4.90 Å². The smallest absolute Gasteiger partial charge is 0.168 e. The highest BCUT2D eigenvalue weighted by Crippen LogP contribution is 2.54. The number of benzene rings is 1. The van der Waals surface area contributed by atoms with Crippen molar-refractivity contribution in [3.05, 3.63) is 39.6 Å². The van der Waals surface area contributed by atoms with Gasteiger partial charge in [-0.2, -0.15) is 0 Å². The van der Waals surface area contributed by atoms with Gasteiger partial charge in [-0.15, -0.1) is 11.3 Å². The Morgan fingerprint density at radius 1 is 1.24 bits per heavy atom.